The normalized spacial score (nSPS) is 27.7. The van der Waals surface area contributed by atoms with E-state index in [1.807, 2.05) is 55.5 Å². The second-order valence-corrected chi connectivity index (χ2v) is 13.2. The second kappa shape index (κ2) is 10.4. The lowest BCUT2D eigenvalue weighted by Crippen LogP contribution is -2.48. The van der Waals surface area contributed by atoms with E-state index in [1.54, 1.807) is 6.08 Å². The number of anilines is 1. The molecule has 210 valence electrons. The van der Waals surface area contributed by atoms with Crippen LogP contribution in [0.25, 0.3) is 16.8 Å². The molecule has 7 heteroatoms. The van der Waals surface area contributed by atoms with E-state index in [4.69, 9.17) is 4.74 Å². The number of ether oxygens (including phenoxy) is 1. The van der Waals surface area contributed by atoms with Crippen molar-refractivity contribution in [2.75, 3.05) is 18.5 Å². The molecular formula is C34H34N2O4S. The summed E-state index contributed by atoms with van der Waals surface area (Å²) < 4.78 is 5.95. The van der Waals surface area contributed by atoms with Gasteiger partial charge in [0.2, 0.25) is 5.91 Å². The molecule has 41 heavy (non-hydrogen) atoms. The molecular weight excluding hydrogens is 532 g/mol. The highest BCUT2D eigenvalue weighted by Crippen LogP contribution is 2.61. The van der Waals surface area contributed by atoms with Gasteiger partial charge in [0, 0.05) is 16.6 Å². The highest BCUT2D eigenvalue weighted by atomic mass is 32.2. The van der Waals surface area contributed by atoms with Crippen molar-refractivity contribution in [3.05, 3.63) is 76.7 Å². The lowest BCUT2D eigenvalue weighted by Gasteiger charge is -2.57. The molecule has 1 N–H and O–H groups in total. The maximum Gasteiger partial charge on any atom is 0.294 e. The van der Waals surface area contributed by atoms with E-state index < -0.39 is 17.1 Å². The van der Waals surface area contributed by atoms with Crippen molar-refractivity contribution in [2.45, 2.75) is 50.9 Å². The van der Waals surface area contributed by atoms with Crippen LogP contribution >= 0.6 is 11.8 Å². The average molecular weight is 567 g/mol. The zero-order valence-electron chi connectivity index (χ0n) is 23.2. The Morgan fingerprint density at radius 1 is 1.00 bits per heavy atom. The summed E-state index contributed by atoms with van der Waals surface area (Å²) >= 11 is 0.883. The van der Waals surface area contributed by atoms with Crippen molar-refractivity contribution >= 4 is 51.4 Å². The van der Waals surface area contributed by atoms with Crippen LogP contribution in [-0.4, -0.2) is 35.1 Å². The van der Waals surface area contributed by atoms with Crippen molar-refractivity contribution in [3.63, 3.8) is 0 Å². The monoisotopic (exact) mass is 566 g/mol. The number of rotatable bonds is 7. The van der Waals surface area contributed by atoms with E-state index in [0.717, 1.165) is 50.8 Å². The van der Waals surface area contributed by atoms with Crippen LogP contribution in [-0.2, 0) is 15.0 Å². The Morgan fingerprint density at radius 3 is 2.44 bits per heavy atom. The molecule has 8 rings (SSSR count). The first-order chi connectivity index (χ1) is 19.9. The average Bonchev–Trinajstić information content (AvgIpc) is 3.20. The van der Waals surface area contributed by atoms with E-state index in [-0.39, 0.29) is 12.0 Å². The summed E-state index contributed by atoms with van der Waals surface area (Å²) in [5, 5.41) is 4.34. The molecule has 4 saturated carbocycles. The Hall–Kier alpha value is -3.58. The Labute approximate surface area is 244 Å². The van der Waals surface area contributed by atoms with Crippen LogP contribution in [0.2, 0.25) is 0 Å². The highest BCUT2D eigenvalue weighted by molar-refractivity contribution is 8.18. The minimum Gasteiger partial charge on any atom is -0.493 e. The zero-order chi connectivity index (χ0) is 28.1. The van der Waals surface area contributed by atoms with Gasteiger partial charge >= 0.3 is 0 Å². The summed E-state index contributed by atoms with van der Waals surface area (Å²) in [4.78, 5) is 40.6. The Bertz CT molecular complexity index is 1550. The quantitative estimate of drug-likeness (QED) is 0.302. The number of benzene rings is 3. The Balaban J connectivity index is 1.13. The van der Waals surface area contributed by atoms with Gasteiger partial charge in [-0.3, -0.25) is 19.3 Å². The van der Waals surface area contributed by atoms with Gasteiger partial charge in [0.25, 0.3) is 11.1 Å². The smallest absolute Gasteiger partial charge is 0.294 e. The third kappa shape index (κ3) is 4.84. The number of thioether (sulfide) groups is 1. The number of nitrogens with zero attached hydrogens (tertiary/aromatic N) is 1. The third-order valence-electron chi connectivity index (χ3n) is 9.49. The predicted octanol–water partition coefficient (Wildman–Crippen LogP) is 7.38. The molecule has 0 atom stereocenters. The van der Waals surface area contributed by atoms with Crippen molar-refractivity contribution in [3.8, 4) is 5.75 Å². The first kappa shape index (κ1) is 26.3. The van der Waals surface area contributed by atoms with Crippen molar-refractivity contribution in [1.29, 1.82) is 0 Å². The fourth-order valence-electron chi connectivity index (χ4n) is 8.19. The molecule has 3 aromatic carbocycles. The minimum atomic E-state index is -0.448. The van der Waals surface area contributed by atoms with E-state index in [9.17, 15) is 14.4 Å². The van der Waals surface area contributed by atoms with Crippen LogP contribution in [0.5, 0.6) is 5.75 Å². The minimum absolute atomic E-state index is 0.209. The predicted molar refractivity (Wildman–Crippen MR) is 163 cm³/mol. The Morgan fingerprint density at radius 2 is 1.71 bits per heavy atom. The van der Waals surface area contributed by atoms with E-state index >= 15 is 0 Å². The number of fused-ring (bicyclic) bond motifs is 1. The molecule has 4 aliphatic carbocycles. The number of nitrogens with one attached hydrogen (secondary N) is 1. The maximum absolute atomic E-state index is 13.4. The number of hydrogen-bond donors (Lipinski definition) is 1. The van der Waals surface area contributed by atoms with E-state index in [0.29, 0.717) is 22.9 Å². The van der Waals surface area contributed by atoms with Crippen molar-refractivity contribution in [1.82, 2.24) is 4.90 Å². The summed E-state index contributed by atoms with van der Waals surface area (Å²) in [7, 11) is 0. The second-order valence-electron chi connectivity index (χ2n) is 12.2. The maximum atomic E-state index is 13.4. The zero-order valence-corrected chi connectivity index (χ0v) is 24.0. The Kier molecular flexibility index (Phi) is 6.65. The van der Waals surface area contributed by atoms with Gasteiger partial charge in [-0.2, -0.15) is 0 Å². The van der Waals surface area contributed by atoms with E-state index in [2.05, 4.69) is 17.4 Å². The summed E-state index contributed by atoms with van der Waals surface area (Å²) in [5.74, 6) is 2.33. The molecule has 5 fully saturated rings. The fraction of sp³-hybridized carbons (Fsp3) is 0.382. The molecule has 6 nitrogen and oxygen atoms in total. The summed E-state index contributed by atoms with van der Waals surface area (Å²) in [6.07, 6.45) is 9.65. The number of imide groups is 1. The lowest BCUT2D eigenvalue weighted by molar-refractivity contribution is -0.127. The molecule has 0 unspecified atom stereocenters. The van der Waals surface area contributed by atoms with Gasteiger partial charge in [-0.1, -0.05) is 42.5 Å². The van der Waals surface area contributed by atoms with E-state index in [1.165, 1.54) is 44.1 Å². The van der Waals surface area contributed by atoms with Gasteiger partial charge in [0.15, 0.2) is 0 Å². The molecule has 3 amide bonds. The topological polar surface area (TPSA) is 75.7 Å². The number of carbonyl (C=O) groups is 3. The number of amides is 3. The van der Waals surface area contributed by atoms with Gasteiger partial charge in [-0.05, 0) is 116 Å². The van der Waals surface area contributed by atoms with Crippen LogP contribution in [0, 0.1) is 17.8 Å². The molecule has 1 aliphatic heterocycles. The van der Waals surface area contributed by atoms with Crippen LogP contribution in [0.4, 0.5) is 10.5 Å². The van der Waals surface area contributed by atoms with Gasteiger partial charge in [-0.25, -0.2) is 0 Å². The van der Waals surface area contributed by atoms with Crippen molar-refractivity contribution < 1.29 is 19.1 Å². The van der Waals surface area contributed by atoms with Crippen LogP contribution in [0.15, 0.2) is 65.6 Å². The van der Waals surface area contributed by atoms with Gasteiger partial charge < -0.3 is 10.1 Å². The summed E-state index contributed by atoms with van der Waals surface area (Å²) in [6, 6.07) is 19.9. The van der Waals surface area contributed by atoms with Gasteiger partial charge in [-0.15, -0.1) is 0 Å². The standard InChI is InChI=1S/C34H34N2O4S/c1-2-40-29-11-10-26(34-17-21-12-22(18-34)14-23(13-21)19-34)15-25(29)16-30-32(38)36(33(39)41-30)20-31(37)35-28-9-5-7-24-6-3-4-8-27(24)28/h3-11,15-16,21-23H,2,12-14,17-20H2,1H3,(H,35,37)/b30-16+. The first-order valence-electron chi connectivity index (χ1n) is 14.7. The molecule has 0 aromatic heterocycles. The largest absolute Gasteiger partial charge is 0.493 e. The first-order valence-corrected chi connectivity index (χ1v) is 15.5. The molecule has 1 saturated heterocycles. The lowest BCUT2D eigenvalue weighted by atomic mass is 9.48. The summed E-state index contributed by atoms with van der Waals surface area (Å²) in [5.41, 5.74) is 3.02. The number of carbonyl (C=O) groups excluding carboxylic acids is 3. The highest BCUT2D eigenvalue weighted by Gasteiger charge is 2.51. The fourth-order valence-corrected chi connectivity index (χ4v) is 9.02. The third-order valence-corrected chi connectivity index (χ3v) is 10.4. The van der Waals surface area contributed by atoms with Crippen LogP contribution in [0.1, 0.15) is 56.6 Å². The number of hydrogen-bond acceptors (Lipinski definition) is 5. The van der Waals surface area contributed by atoms with Gasteiger partial charge in [0.1, 0.15) is 12.3 Å². The molecule has 1 heterocycles. The molecule has 4 bridgehead atoms. The van der Waals surface area contributed by atoms with Crippen LogP contribution < -0.4 is 10.1 Å². The molecule has 5 aliphatic rings. The molecule has 0 radical (unpaired) electrons. The molecule has 0 spiro atoms. The SMILES string of the molecule is CCOc1ccc(C23CC4CC(CC(C4)C2)C3)cc1/C=C1/SC(=O)N(CC(=O)Nc2cccc3ccccc23)C1=O. The van der Waals surface area contributed by atoms with Crippen molar-refractivity contribution in [2.24, 2.45) is 17.8 Å². The van der Waals surface area contributed by atoms with Crippen LogP contribution in [0.3, 0.4) is 0 Å². The van der Waals surface area contributed by atoms with Gasteiger partial charge in [0.05, 0.1) is 11.5 Å². The molecule has 3 aromatic rings. The summed E-state index contributed by atoms with van der Waals surface area (Å²) in [6.45, 7) is 2.11.